The number of nitrogens with one attached hydrogen (secondary N) is 1. The van der Waals surface area contributed by atoms with Gasteiger partial charge < -0.3 is 10.2 Å². The molecule has 1 N–H and O–H groups in total. The van der Waals surface area contributed by atoms with E-state index in [0.717, 1.165) is 17.0 Å². The second-order valence-corrected chi connectivity index (χ2v) is 7.62. The molecule has 0 radical (unpaired) electrons. The molecule has 0 unspecified atom stereocenters. The number of benzene rings is 1. The molecule has 3 fully saturated rings. The van der Waals surface area contributed by atoms with E-state index in [1.54, 1.807) is 0 Å². The molecular formula is C19H19N3OS. The molecule has 122 valence electrons. The fourth-order valence-electron chi connectivity index (χ4n) is 3.77. The van der Waals surface area contributed by atoms with Crippen molar-refractivity contribution < 1.29 is 4.79 Å². The molecule has 0 spiro atoms. The number of amides is 1. The molecule has 2 aromatic rings. The van der Waals surface area contributed by atoms with E-state index in [4.69, 9.17) is 0 Å². The van der Waals surface area contributed by atoms with Crippen LogP contribution >= 0.6 is 11.3 Å². The fraction of sp³-hybridized carbons (Fsp3) is 0.368. The molecule has 5 rings (SSSR count). The highest BCUT2D eigenvalue weighted by Crippen LogP contribution is 2.31. The first kappa shape index (κ1) is 15.4. The van der Waals surface area contributed by atoms with Crippen molar-refractivity contribution in [2.24, 2.45) is 5.92 Å². The lowest BCUT2D eigenvalue weighted by molar-refractivity contribution is 0.0622. The normalized spacial score (nSPS) is 25.2. The summed E-state index contributed by atoms with van der Waals surface area (Å²) in [5, 5.41) is 12.5. The number of fused-ring (bicyclic) bond motifs is 3. The van der Waals surface area contributed by atoms with Gasteiger partial charge in [0.05, 0.1) is 16.5 Å². The van der Waals surface area contributed by atoms with Crippen LogP contribution < -0.4 is 5.32 Å². The maximum Gasteiger partial charge on any atom is 0.261 e. The Morgan fingerprint density at radius 3 is 2.71 bits per heavy atom. The van der Waals surface area contributed by atoms with Crippen LogP contribution in [0.2, 0.25) is 0 Å². The highest BCUT2D eigenvalue weighted by molar-refractivity contribution is 7.17. The first-order chi connectivity index (χ1) is 11.7. The van der Waals surface area contributed by atoms with E-state index >= 15 is 0 Å². The Labute approximate surface area is 145 Å². The molecule has 3 saturated heterocycles. The number of nitriles is 1. The van der Waals surface area contributed by atoms with Crippen molar-refractivity contribution in [3.63, 3.8) is 0 Å². The smallest absolute Gasteiger partial charge is 0.261 e. The van der Waals surface area contributed by atoms with Gasteiger partial charge in [0.25, 0.3) is 5.91 Å². The minimum absolute atomic E-state index is 0.0134. The molecule has 3 aliphatic heterocycles. The zero-order valence-corrected chi connectivity index (χ0v) is 14.2. The van der Waals surface area contributed by atoms with Crippen molar-refractivity contribution in [2.45, 2.75) is 18.9 Å². The lowest BCUT2D eigenvalue weighted by atomic mass is 9.84. The topological polar surface area (TPSA) is 56.1 Å². The maximum absolute atomic E-state index is 12.6. The van der Waals surface area contributed by atoms with Crippen LogP contribution in [0.25, 0.3) is 10.4 Å². The Hall–Kier alpha value is -2.16. The number of thiophene rings is 1. The second kappa shape index (κ2) is 6.39. The number of hydrogen-bond donors (Lipinski definition) is 1. The van der Waals surface area contributed by atoms with Gasteiger partial charge in [-0.25, -0.2) is 0 Å². The molecule has 0 aliphatic carbocycles. The summed E-state index contributed by atoms with van der Waals surface area (Å²) in [5.74, 6) is 0.636. The minimum atomic E-state index is 0.0134. The molecule has 1 aromatic carbocycles. The summed E-state index contributed by atoms with van der Waals surface area (Å²) in [6.45, 7) is 3.32. The number of rotatable bonds is 3. The lowest BCUT2D eigenvalue weighted by Crippen LogP contribution is -2.57. The van der Waals surface area contributed by atoms with Crippen LogP contribution in [0.1, 0.15) is 28.1 Å². The molecule has 0 saturated carbocycles. The molecule has 3 aliphatic rings. The molecule has 4 heterocycles. The van der Waals surface area contributed by atoms with Gasteiger partial charge in [0, 0.05) is 23.0 Å². The Balaban J connectivity index is 1.50. The van der Waals surface area contributed by atoms with Gasteiger partial charge in [-0.05, 0) is 50.0 Å². The fourth-order valence-corrected chi connectivity index (χ4v) is 4.72. The number of hydrogen-bond acceptors (Lipinski definition) is 4. The van der Waals surface area contributed by atoms with Crippen molar-refractivity contribution in [3.05, 3.63) is 46.8 Å². The third-order valence-electron chi connectivity index (χ3n) is 5.12. The number of carbonyl (C=O) groups is 1. The van der Waals surface area contributed by atoms with Gasteiger partial charge in [-0.1, -0.05) is 18.2 Å². The van der Waals surface area contributed by atoms with Crippen LogP contribution in [-0.2, 0) is 0 Å². The Morgan fingerprint density at radius 2 is 2.00 bits per heavy atom. The summed E-state index contributed by atoms with van der Waals surface area (Å²) >= 11 is 1.46. The van der Waals surface area contributed by atoms with Crippen molar-refractivity contribution in [1.29, 1.82) is 5.26 Å². The highest BCUT2D eigenvalue weighted by atomic mass is 32.1. The molecule has 2 bridgehead atoms. The van der Waals surface area contributed by atoms with E-state index in [9.17, 15) is 10.1 Å². The third-order valence-corrected chi connectivity index (χ3v) is 6.23. The van der Waals surface area contributed by atoms with Crippen LogP contribution in [0.5, 0.6) is 0 Å². The van der Waals surface area contributed by atoms with Crippen LogP contribution in [-0.4, -0.2) is 36.5 Å². The van der Waals surface area contributed by atoms with E-state index in [2.05, 4.69) is 16.3 Å². The number of piperidine rings is 3. The minimum Gasteiger partial charge on any atom is -0.347 e. The summed E-state index contributed by atoms with van der Waals surface area (Å²) in [4.78, 5) is 16.7. The van der Waals surface area contributed by atoms with Crippen LogP contribution in [0, 0.1) is 17.2 Å². The van der Waals surface area contributed by atoms with Gasteiger partial charge in [0.1, 0.15) is 0 Å². The van der Waals surface area contributed by atoms with Crippen LogP contribution in [0.4, 0.5) is 0 Å². The molecule has 24 heavy (non-hydrogen) atoms. The van der Waals surface area contributed by atoms with E-state index in [-0.39, 0.29) is 11.9 Å². The van der Waals surface area contributed by atoms with Crippen molar-refractivity contribution >= 4 is 17.2 Å². The zero-order chi connectivity index (χ0) is 16.5. The predicted octanol–water partition coefficient (Wildman–Crippen LogP) is 3.11. The largest absolute Gasteiger partial charge is 0.347 e. The average Bonchev–Trinajstić information content (AvgIpc) is 3.13. The number of nitrogens with zero attached hydrogens (tertiary/aromatic N) is 2. The van der Waals surface area contributed by atoms with Gasteiger partial charge in [-0.2, -0.15) is 5.26 Å². The maximum atomic E-state index is 12.6. The average molecular weight is 337 g/mol. The zero-order valence-electron chi connectivity index (χ0n) is 13.4. The van der Waals surface area contributed by atoms with Gasteiger partial charge in [-0.15, -0.1) is 11.3 Å². The van der Waals surface area contributed by atoms with Crippen LogP contribution in [0.3, 0.4) is 0 Å². The molecule has 5 heteroatoms. The van der Waals surface area contributed by atoms with Gasteiger partial charge >= 0.3 is 0 Å². The summed E-state index contributed by atoms with van der Waals surface area (Å²) in [7, 11) is 0. The highest BCUT2D eigenvalue weighted by Gasteiger charge is 2.35. The standard InChI is InChI=1S/C19H19N3OS/c20-11-14-3-1-2-4-15(14)17-5-6-18(24-17)19(23)21-16-12-22-9-7-13(16)8-10-22/h1-6,13,16H,7-10,12H2,(H,21,23)/t16-/m0/s1. The Bertz CT molecular complexity index is 799. The SMILES string of the molecule is N#Cc1ccccc1-c1ccc(C(=O)N[C@H]2CN3CCC2CC3)s1. The van der Waals surface area contributed by atoms with Gasteiger partial charge in [0.2, 0.25) is 0 Å². The number of carbonyl (C=O) groups excluding carboxylic acids is 1. The van der Waals surface area contributed by atoms with Gasteiger partial charge in [0.15, 0.2) is 0 Å². The van der Waals surface area contributed by atoms with Crippen molar-refractivity contribution in [3.8, 4) is 16.5 Å². The summed E-state index contributed by atoms with van der Waals surface area (Å²) in [5.41, 5.74) is 1.54. The summed E-state index contributed by atoms with van der Waals surface area (Å²) < 4.78 is 0. The first-order valence-corrected chi connectivity index (χ1v) is 9.19. The van der Waals surface area contributed by atoms with Crippen molar-refractivity contribution in [2.75, 3.05) is 19.6 Å². The Morgan fingerprint density at radius 1 is 1.21 bits per heavy atom. The molecule has 1 amide bonds. The van der Waals surface area contributed by atoms with Gasteiger partial charge in [-0.3, -0.25) is 4.79 Å². The Kier molecular flexibility index (Phi) is 4.09. The quantitative estimate of drug-likeness (QED) is 0.936. The summed E-state index contributed by atoms with van der Waals surface area (Å²) in [6.07, 6.45) is 2.38. The lowest BCUT2D eigenvalue weighted by Gasteiger charge is -2.44. The van der Waals surface area contributed by atoms with E-state index < -0.39 is 0 Å². The van der Waals surface area contributed by atoms with Crippen molar-refractivity contribution in [1.82, 2.24) is 10.2 Å². The van der Waals surface area contributed by atoms with E-state index in [0.29, 0.717) is 16.4 Å². The molecule has 1 atom stereocenters. The van der Waals surface area contributed by atoms with E-state index in [1.165, 1.54) is 37.3 Å². The molecule has 1 aromatic heterocycles. The van der Waals surface area contributed by atoms with Crippen LogP contribution in [0.15, 0.2) is 36.4 Å². The summed E-state index contributed by atoms with van der Waals surface area (Å²) in [6, 6.07) is 13.8. The monoisotopic (exact) mass is 337 g/mol. The predicted molar refractivity (Wildman–Crippen MR) is 94.9 cm³/mol. The first-order valence-electron chi connectivity index (χ1n) is 8.37. The van der Waals surface area contributed by atoms with E-state index in [1.807, 2.05) is 36.4 Å². The molecule has 4 nitrogen and oxygen atoms in total. The molecular weight excluding hydrogens is 318 g/mol. The second-order valence-electron chi connectivity index (χ2n) is 6.54. The third kappa shape index (κ3) is 2.83.